The highest BCUT2D eigenvalue weighted by molar-refractivity contribution is 9.10. The number of benzene rings is 2. The van der Waals surface area contributed by atoms with Gasteiger partial charge in [-0.15, -0.1) is 0 Å². The van der Waals surface area contributed by atoms with E-state index in [9.17, 15) is 10.2 Å². The van der Waals surface area contributed by atoms with E-state index in [4.69, 9.17) is 9.47 Å². The molecule has 6 nitrogen and oxygen atoms in total. The number of aliphatic imine (C=N–C) groups is 2. The van der Waals surface area contributed by atoms with Crippen LogP contribution in [-0.4, -0.2) is 50.0 Å². The van der Waals surface area contributed by atoms with Crippen LogP contribution in [0.2, 0.25) is 0 Å². The van der Waals surface area contributed by atoms with Crippen LogP contribution in [0.3, 0.4) is 0 Å². The first-order chi connectivity index (χ1) is 12.5. The summed E-state index contributed by atoms with van der Waals surface area (Å²) < 4.78 is 11.8. The molecule has 2 aromatic rings. The predicted octanol–water partition coefficient (Wildman–Crippen LogP) is 4.18. The van der Waals surface area contributed by atoms with E-state index >= 15 is 0 Å². The van der Waals surface area contributed by atoms with E-state index < -0.39 is 0 Å². The summed E-state index contributed by atoms with van der Waals surface area (Å²) in [7, 11) is 2.98. The first kappa shape index (κ1) is 20.3. The van der Waals surface area contributed by atoms with Crippen LogP contribution in [0.25, 0.3) is 0 Å². The second-order valence-corrected chi connectivity index (χ2v) is 6.99. The second-order valence-electron chi connectivity index (χ2n) is 5.16. The SMILES string of the molecule is COc1cc(Br)cc(C=NCCN=Cc2cc(Br)cc(OC)c2O)c1O. The van der Waals surface area contributed by atoms with Crippen LogP contribution in [0.5, 0.6) is 23.0 Å². The van der Waals surface area contributed by atoms with E-state index in [0.29, 0.717) is 35.7 Å². The Morgan fingerprint density at radius 2 is 1.19 bits per heavy atom. The summed E-state index contributed by atoms with van der Waals surface area (Å²) in [6, 6.07) is 6.85. The number of hydrogen-bond acceptors (Lipinski definition) is 6. The monoisotopic (exact) mass is 484 g/mol. The molecule has 8 heteroatoms. The van der Waals surface area contributed by atoms with Crippen molar-refractivity contribution in [2.45, 2.75) is 0 Å². The topological polar surface area (TPSA) is 83.6 Å². The van der Waals surface area contributed by atoms with Crippen LogP contribution < -0.4 is 9.47 Å². The molecule has 0 fully saturated rings. The number of hydrogen-bond donors (Lipinski definition) is 2. The summed E-state index contributed by atoms with van der Waals surface area (Å²) in [5, 5.41) is 20.1. The highest BCUT2D eigenvalue weighted by atomic mass is 79.9. The van der Waals surface area contributed by atoms with Crippen LogP contribution in [0.1, 0.15) is 11.1 Å². The van der Waals surface area contributed by atoms with Crippen LogP contribution in [0, 0.1) is 0 Å². The fraction of sp³-hybridized carbons (Fsp3) is 0.222. The van der Waals surface area contributed by atoms with Gasteiger partial charge in [0.05, 0.1) is 27.3 Å². The smallest absolute Gasteiger partial charge is 0.166 e. The maximum absolute atomic E-state index is 10.1. The first-order valence-electron chi connectivity index (χ1n) is 7.59. The van der Waals surface area contributed by atoms with Gasteiger partial charge in [0.1, 0.15) is 0 Å². The summed E-state index contributed by atoms with van der Waals surface area (Å²) in [4.78, 5) is 8.50. The number of phenolic OH excluding ortho intramolecular Hbond substituents is 2. The molecule has 0 bridgehead atoms. The Morgan fingerprint density at radius 1 is 0.808 bits per heavy atom. The molecule has 0 heterocycles. The third-order valence-corrected chi connectivity index (χ3v) is 4.31. The van der Waals surface area contributed by atoms with Crippen molar-refractivity contribution in [1.82, 2.24) is 0 Å². The van der Waals surface area contributed by atoms with Crippen LogP contribution in [0.15, 0.2) is 43.2 Å². The van der Waals surface area contributed by atoms with Gasteiger partial charge in [-0.05, 0) is 24.3 Å². The van der Waals surface area contributed by atoms with Crippen molar-refractivity contribution in [3.8, 4) is 23.0 Å². The van der Waals surface area contributed by atoms with E-state index in [1.807, 2.05) is 0 Å². The molecule has 2 aromatic carbocycles. The average molecular weight is 486 g/mol. The van der Waals surface area contributed by atoms with Gasteiger partial charge in [-0.2, -0.15) is 0 Å². The van der Waals surface area contributed by atoms with E-state index in [1.54, 1.807) is 36.7 Å². The Hall–Kier alpha value is -2.06. The van der Waals surface area contributed by atoms with Gasteiger partial charge in [0.2, 0.25) is 0 Å². The molecule has 0 atom stereocenters. The Labute approximate surface area is 168 Å². The molecule has 0 spiro atoms. The van der Waals surface area contributed by atoms with E-state index in [-0.39, 0.29) is 11.5 Å². The minimum absolute atomic E-state index is 0.0362. The molecule has 138 valence electrons. The van der Waals surface area contributed by atoms with Gasteiger partial charge in [0.25, 0.3) is 0 Å². The van der Waals surface area contributed by atoms with E-state index in [1.165, 1.54) is 14.2 Å². The fourth-order valence-corrected chi connectivity index (χ4v) is 3.05. The quantitative estimate of drug-likeness (QED) is 0.455. The zero-order valence-electron chi connectivity index (χ0n) is 14.2. The largest absolute Gasteiger partial charge is 0.504 e. The summed E-state index contributed by atoms with van der Waals surface area (Å²) in [5.74, 6) is 0.819. The van der Waals surface area contributed by atoms with Crippen molar-refractivity contribution in [1.29, 1.82) is 0 Å². The zero-order valence-corrected chi connectivity index (χ0v) is 17.4. The number of phenols is 2. The summed E-state index contributed by atoms with van der Waals surface area (Å²) >= 11 is 6.72. The van der Waals surface area contributed by atoms with Gasteiger partial charge in [-0.1, -0.05) is 31.9 Å². The predicted molar refractivity (Wildman–Crippen MR) is 110 cm³/mol. The van der Waals surface area contributed by atoms with E-state index in [0.717, 1.165) is 8.95 Å². The lowest BCUT2D eigenvalue weighted by atomic mass is 10.2. The minimum atomic E-state index is 0.0362. The summed E-state index contributed by atoms with van der Waals surface area (Å²) in [6.07, 6.45) is 3.13. The lowest BCUT2D eigenvalue weighted by molar-refractivity contribution is 0.373. The Bertz CT molecular complexity index is 769. The molecule has 0 saturated heterocycles. The third-order valence-electron chi connectivity index (χ3n) is 3.40. The maximum Gasteiger partial charge on any atom is 0.166 e. The molecule has 0 saturated carbocycles. The van der Waals surface area contributed by atoms with Crippen molar-refractivity contribution in [2.75, 3.05) is 27.3 Å². The summed E-state index contributed by atoms with van der Waals surface area (Å²) in [6.45, 7) is 0.855. The number of aromatic hydroxyl groups is 2. The number of nitrogens with zero attached hydrogens (tertiary/aromatic N) is 2. The van der Waals surface area contributed by atoms with Gasteiger partial charge in [0, 0.05) is 32.5 Å². The molecular weight excluding hydrogens is 468 g/mol. The van der Waals surface area contributed by atoms with Gasteiger partial charge in [-0.25, -0.2) is 0 Å². The molecular formula is C18H18Br2N2O4. The summed E-state index contributed by atoms with van der Waals surface area (Å²) in [5.41, 5.74) is 1.10. The lowest BCUT2D eigenvalue weighted by Gasteiger charge is -2.07. The van der Waals surface area contributed by atoms with Crippen molar-refractivity contribution in [2.24, 2.45) is 9.98 Å². The Kier molecular flexibility index (Phi) is 7.47. The lowest BCUT2D eigenvalue weighted by Crippen LogP contribution is -1.93. The Balaban J connectivity index is 1.99. The minimum Gasteiger partial charge on any atom is -0.504 e. The molecule has 0 aliphatic rings. The molecule has 0 aliphatic carbocycles. The number of ether oxygens (including phenoxy) is 2. The van der Waals surface area contributed by atoms with Crippen LogP contribution >= 0.6 is 31.9 Å². The van der Waals surface area contributed by atoms with Gasteiger partial charge < -0.3 is 19.7 Å². The molecule has 26 heavy (non-hydrogen) atoms. The average Bonchev–Trinajstić information content (AvgIpc) is 2.62. The number of halogens is 2. The molecule has 0 amide bonds. The third kappa shape index (κ3) is 5.22. The molecule has 0 radical (unpaired) electrons. The maximum atomic E-state index is 10.1. The normalized spacial score (nSPS) is 11.4. The molecule has 2 N–H and O–H groups in total. The molecule has 0 unspecified atom stereocenters. The van der Waals surface area contributed by atoms with Gasteiger partial charge >= 0.3 is 0 Å². The van der Waals surface area contributed by atoms with Crippen molar-refractivity contribution < 1.29 is 19.7 Å². The van der Waals surface area contributed by atoms with Gasteiger partial charge in [-0.3, -0.25) is 9.98 Å². The van der Waals surface area contributed by atoms with Crippen LogP contribution in [0.4, 0.5) is 0 Å². The van der Waals surface area contributed by atoms with Crippen molar-refractivity contribution >= 4 is 44.3 Å². The van der Waals surface area contributed by atoms with E-state index in [2.05, 4.69) is 41.8 Å². The Morgan fingerprint density at radius 3 is 1.54 bits per heavy atom. The molecule has 2 rings (SSSR count). The highest BCUT2D eigenvalue weighted by Crippen LogP contribution is 2.33. The fourth-order valence-electron chi connectivity index (χ4n) is 2.14. The van der Waals surface area contributed by atoms with Crippen LogP contribution in [-0.2, 0) is 0 Å². The highest BCUT2D eigenvalue weighted by Gasteiger charge is 2.08. The number of rotatable bonds is 7. The van der Waals surface area contributed by atoms with Crippen molar-refractivity contribution in [3.63, 3.8) is 0 Å². The van der Waals surface area contributed by atoms with Crippen molar-refractivity contribution in [3.05, 3.63) is 44.3 Å². The first-order valence-corrected chi connectivity index (χ1v) is 9.17. The molecule has 0 aliphatic heterocycles. The van der Waals surface area contributed by atoms with Gasteiger partial charge in [0.15, 0.2) is 23.0 Å². The zero-order chi connectivity index (χ0) is 19.1. The standard InChI is InChI=1S/C18H18Br2N2O4/c1-25-15-7-13(19)5-11(17(15)23)9-21-3-4-22-10-12-6-14(20)8-16(26-2)18(12)24/h5-10,23-24H,3-4H2,1-2H3. The molecule has 0 aromatic heterocycles. The second kappa shape index (κ2) is 9.59. The number of methoxy groups -OCH3 is 2.